The summed E-state index contributed by atoms with van der Waals surface area (Å²) in [6, 6.07) is 0.386. The van der Waals surface area contributed by atoms with Crippen molar-refractivity contribution in [1.82, 2.24) is 9.78 Å². The van der Waals surface area contributed by atoms with Crippen LogP contribution in [0.1, 0.15) is 49.1 Å². The van der Waals surface area contributed by atoms with E-state index in [-0.39, 0.29) is 0 Å². The second kappa shape index (κ2) is 5.21. The van der Waals surface area contributed by atoms with Gasteiger partial charge in [0.25, 0.3) is 0 Å². The third kappa shape index (κ3) is 2.71. The van der Waals surface area contributed by atoms with Crippen molar-refractivity contribution in [2.45, 2.75) is 58.4 Å². The third-order valence-electron chi connectivity index (χ3n) is 4.39. The van der Waals surface area contributed by atoms with Crippen molar-refractivity contribution in [2.24, 2.45) is 18.7 Å². The van der Waals surface area contributed by atoms with E-state index in [1.807, 2.05) is 11.7 Å². The van der Waals surface area contributed by atoms with Crippen molar-refractivity contribution in [3.8, 4) is 0 Å². The molecule has 2 N–H and O–H groups in total. The van der Waals surface area contributed by atoms with E-state index in [1.165, 1.54) is 42.6 Å². The summed E-state index contributed by atoms with van der Waals surface area (Å²) in [4.78, 5) is 0. The Bertz CT molecular complexity index is 375. The molecule has 1 fully saturated rings. The van der Waals surface area contributed by atoms with E-state index in [9.17, 15) is 0 Å². The van der Waals surface area contributed by atoms with Crippen LogP contribution >= 0.6 is 0 Å². The molecule has 1 aliphatic carbocycles. The van der Waals surface area contributed by atoms with Crippen LogP contribution in [-0.4, -0.2) is 15.8 Å². The average molecular weight is 235 g/mol. The number of hydrogen-bond donors (Lipinski definition) is 1. The molecule has 1 heterocycles. The van der Waals surface area contributed by atoms with Crippen LogP contribution in [0.2, 0.25) is 0 Å². The Morgan fingerprint density at radius 1 is 1.35 bits per heavy atom. The van der Waals surface area contributed by atoms with Gasteiger partial charge in [-0.1, -0.05) is 12.8 Å². The molecule has 0 aromatic carbocycles. The largest absolute Gasteiger partial charge is 0.327 e. The van der Waals surface area contributed by atoms with Gasteiger partial charge in [-0.25, -0.2) is 0 Å². The highest BCUT2D eigenvalue weighted by Crippen LogP contribution is 2.29. The number of nitrogens with two attached hydrogens (primary N) is 1. The van der Waals surface area contributed by atoms with Gasteiger partial charge in [-0.3, -0.25) is 4.68 Å². The molecule has 3 nitrogen and oxygen atoms in total. The lowest BCUT2D eigenvalue weighted by Gasteiger charge is -2.18. The van der Waals surface area contributed by atoms with Gasteiger partial charge in [0.15, 0.2) is 0 Å². The molecule has 1 aliphatic rings. The molecule has 0 amide bonds. The molecule has 1 unspecified atom stereocenters. The van der Waals surface area contributed by atoms with E-state index in [1.54, 1.807) is 0 Å². The van der Waals surface area contributed by atoms with Crippen molar-refractivity contribution >= 4 is 0 Å². The van der Waals surface area contributed by atoms with Crippen molar-refractivity contribution in [3.63, 3.8) is 0 Å². The second-order valence-electron chi connectivity index (χ2n) is 5.52. The topological polar surface area (TPSA) is 43.8 Å². The zero-order chi connectivity index (χ0) is 12.4. The quantitative estimate of drug-likeness (QED) is 0.871. The number of aromatic nitrogens is 2. The molecule has 1 saturated carbocycles. The van der Waals surface area contributed by atoms with Gasteiger partial charge in [0.05, 0.1) is 5.69 Å². The molecule has 0 aliphatic heterocycles. The Morgan fingerprint density at radius 2 is 2.00 bits per heavy atom. The van der Waals surface area contributed by atoms with Gasteiger partial charge < -0.3 is 5.73 Å². The third-order valence-corrected chi connectivity index (χ3v) is 4.39. The standard InChI is InChI=1S/C14H25N3/c1-10-13(11(2)17(3)16-10)8-9-14(15)12-6-4-5-7-12/h12,14H,4-9,15H2,1-3H3. The minimum atomic E-state index is 0.386. The van der Waals surface area contributed by atoms with Crippen LogP contribution in [0.15, 0.2) is 0 Å². The Hall–Kier alpha value is -0.830. The van der Waals surface area contributed by atoms with E-state index in [4.69, 9.17) is 5.73 Å². The molecule has 96 valence electrons. The summed E-state index contributed by atoms with van der Waals surface area (Å²) < 4.78 is 1.98. The summed E-state index contributed by atoms with van der Waals surface area (Å²) >= 11 is 0. The van der Waals surface area contributed by atoms with E-state index in [0.717, 1.165) is 18.8 Å². The van der Waals surface area contributed by atoms with Crippen LogP contribution in [-0.2, 0) is 13.5 Å². The van der Waals surface area contributed by atoms with E-state index >= 15 is 0 Å². The molecule has 2 rings (SSSR count). The number of rotatable bonds is 4. The lowest BCUT2D eigenvalue weighted by Crippen LogP contribution is -2.28. The maximum absolute atomic E-state index is 6.31. The predicted octanol–water partition coefficient (Wildman–Crippen LogP) is 2.49. The lowest BCUT2D eigenvalue weighted by molar-refractivity contribution is 0.410. The number of aryl methyl sites for hydroxylation is 2. The highest BCUT2D eigenvalue weighted by atomic mass is 15.3. The summed E-state index contributed by atoms with van der Waals surface area (Å²) in [5.74, 6) is 0.771. The predicted molar refractivity (Wildman–Crippen MR) is 70.9 cm³/mol. The fraction of sp³-hybridized carbons (Fsp3) is 0.786. The Kier molecular flexibility index (Phi) is 3.87. The molecule has 1 aromatic heterocycles. The van der Waals surface area contributed by atoms with Crippen LogP contribution in [0.4, 0.5) is 0 Å². The normalized spacial score (nSPS) is 18.8. The Labute approximate surface area is 104 Å². The molecular weight excluding hydrogens is 210 g/mol. The average Bonchev–Trinajstić information content (AvgIpc) is 2.88. The molecule has 0 saturated heterocycles. The second-order valence-corrected chi connectivity index (χ2v) is 5.52. The summed E-state index contributed by atoms with van der Waals surface area (Å²) in [6.45, 7) is 4.25. The lowest BCUT2D eigenvalue weighted by atomic mass is 9.93. The SMILES string of the molecule is Cc1nn(C)c(C)c1CCC(N)C1CCCC1. The Balaban J connectivity index is 1.92. The summed E-state index contributed by atoms with van der Waals surface area (Å²) in [7, 11) is 2.02. The molecule has 3 heteroatoms. The molecule has 17 heavy (non-hydrogen) atoms. The van der Waals surface area contributed by atoms with Crippen molar-refractivity contribution < 1.29 is 0 Å². The van der Waals surface area contributed by atoms with Crippen LogP contribution in [0.3, 0.4) is 0 Å². The maximum atomic E-state index is 6.31. The van der Waals surface area contributed by atoms with Crippen molar-refractivity contribution in [2.75, 3.05) is 0 Å². The van der Waals surface area contributed by atoms with Crippen molar-refractivity contribution in [1.29, 1.82) is 0 Å². The Morgan fingerprint density at radius 3 is 2.53 bits per heavy atom. The fourth-order valence-corrected chi connectivity index (χ4v) is 3.11. The molecule has 0 bridgehead atoms. The molecule has 0 radical (unpaired) electrons. The summed E-state index contributed by atoms with van der Waals surface area (Å²) in [5, 5.41) is 4.46. The van der Waals surface area contributed by atoms with Gasteiger partial charge in [0, 0.05) is 18.8 Å². The van der Waals surface area contributed by atoms with E-state index in [0.29, 0.717) is 6.04 Å². The molecule has 1 atom stereocenters. The van der Waals surface area contributed by atoms with Gasteiger partial charge in [-0.05, 0) is 51.0 Å². The van der Waals surface area contributed by atoms with Crippen LogP contribution < -0.4 is 5.73 Å². The van der Waals surface area contributed by atoms with Crippen LogP contribution in [0.25, 0.3) is 0 Å². The number of nitrogens with zero attached hydrogens (tertiary/aromatic N) is 2. The van der Waals surface area contributed by atoms with Crippen LogP contribution in [0, 0.1) is 19.8 Å². The van der Waals surface area contributed by atoms with Gasteiger partial charge in [0.1, 0.15) is 0 Å². The zero-order valence-corrected chi connectivity index (χ0v) is 11.4. The van der Waals surface area contributed by atoms with Gasteiger partial charge in [-0.2, -0.15) is 5.10 Å². The smallest absolute Gasteiger partial charge is 0.0628 e. The minimum Gasteiger partial charge on any atom is -0.327 e. The van der Waals surface area contributed by atoms with Crippen molar-refractivity contribution in [3.05, 3.63) is 17.0 Å². The van der Waals surface area contributed by atoms with Crippen LogP contribution in [0.5, 0.6) is 0 Å². The van der Waals surface area contributed by atoms with Gasteiger partial charge in [0.2, 0.25) is 0 Å². The first-order chi connectivity index (χ1) is 8.09. The highest BCUT2D eigenvalue weighted by Gasteiger charge is 2.22. The highest BCUT2D eigenvalue weighted by molar-refractivity contribution is 5.24. The zero-order valence-electron chi connectivity index (χ0n) is 11.4. The van der Waals surface area contributed by atoms with Gasteiger partial charge in [-0.15, -0.1) is 0 Å². The fourth-order valence-electron chi connectivity index (χ4n) is 3.11. The summed E-state index contributed by atoms with van der Waals surface area (Å²) in [5.41, 5.74) is 10.2. The molecule has 0 spiro atoms. The molecular formula is C14H25N3. The number of hydrogen-bond acceptors (Lipinski definition) is 2. The monoisotopic (exact) mass is 235 g/mol. The first-order valence-corrected chi connectivity index (χ1v) is 6.84. The summed E-state index contributed by atoms with van der Waals surface area (Å²) in [6.07, 6.45) is 7.63. The minimum absolute atomic E-state index is 0.386. The van der Waals surface area contributed by atoms with E-state index < -0.39 is 0 Å². The maximum Gasteiger partial charge on any atom is 0.0628 e. The van der Waals surface area contributed by atoms with E-state index in [2.05, 4.69) is 18.9 Å². The molecule has 1 aromatic rings. The van der Waals surface area contributed by atoms with Gasteiger partial charge >= 0.3 is 0 Å². The first kappa shape index (κ1) is 12.6. The first-order valence-electron chi connectivity index (χ1n) is 6.84.